The van der Waals surface area contributed by atoms with E-state index in [0.29, 0.717) is 16.6 Å². The second-order valence-electron chi connectivity index (χ2n) is 3.33. The lowest BCUT2D eigenvalue weighted by Gasteiger charge is -2.01. The molecule has 0 bridgehead atoms. The summed E-state index contributed by atoms with van der Waals surface area (Å²) in [6.45, 7) is 0. The Morgan fingerprint density at radius 1 is 1.36 bits per heavy atom. The molecule has 0 saturated heterocycles. The molecular formula is C10H9Cl2NO. The molecule has 0 aromatic heterocycles. The zero-order chi connectivity index (χ0) is 10.1. The molecule has 1 fully saturated rings. The Kier molecular flexibility index (Phi) is 2.66. The molecule has 1 aromatic rings. The molecule has 4 heteroatoms. The van der Waals surface area contributed by atoms with E-state index in [0.717, 1.165) is 12.8 Å². The van der Waals surface area contributed by atoms with Crippen molar-refractivity contribution in [3.63, 3.8) is 0 Å². The van der Waals surface area contributed by atoms with Crippen molar-refractivity contribution in [3.05, 3.63) is 27.7 Å². The molecule has 1 N–H and O–H groups in total. The number of aliphatic imine (C=N–C) groups is 1. The Hall–Kier alpha value is -0.730. The van der Waals surface area contributed by atoms with Gasteiger partial charge in [-0.15, -0.1) is 0 Å². The third kappa shape index (κ3) is 2.20. The van der Waals surface area contributed by atoms with Crippen molar-refractivity contribution in [1.82, 2.24) is 0 Å². The van der Waals surface area contributed by atoms with Crippen LogP contribution < -0.4 is 0 Å². The van der Waals surface area contributed by atoms with Gasteiger partial charge in [-0.05, 0) is 25.0 Å². The van der Waals surface area contributed by atoms with Gasteiger partial charge in [0.2, 0.25) is 0 Å². The summed E-state index contributed by atoms with van der Waals surface area (Å²) in [5, 5.41) is 10.3. The molecule has 74 valence electrons. The number of hydrogen-bond acceptors (Lipinski definition) is 2. The minimum atomic E-state index is 0.0421. The van der Waals surface area contributed by atoms with Crippen LogP contribution in [-0.2, 0) is 0 Å². The van der Waals surface area contributed by atoms with E-state index in [1.165, 1.54) is 6.07 Å². The van der Waals surface area contributed by atoms with Gasteiger partial charge in [0.05, 0.1) is 11.1 Å². The average molecular weight is 230 g/mol. The molecule has 0 aliphatic heterocycles. The number of phenolic OH excluding ortho intramolecular Hbond substituents is 1. The van der Waals surface area contributed by atoms with Gasteiger partial charge < -0.3 is 5.11 Å². The van der Waals surface area contributed by atoms with Gasteiger partial charge in [-0.3, -0.25) is 4.99 Å². The van der Waals surface area contributed by atoms with E-state index >= 15 is 0 Å². The summed E-state index contributed by atoms with van der Waals surface area (Å²) in [4.78, 5) is 4.25. The van der Waals surface area contributed by atoms with Gasteiger partial charge in [0, 0.05) is 16.8 Å². The van der Waals surface area contributed by atoms with Gasteiger partial charge in [-0.25, -0.2) is 0 Å². The van der Waals surface area contributed by atoms with Gasteiger partial charge >= 0.3 is 0 Å². The first-order valence-corrected chi connectivity index (χ1v) is 5.13. The highest BCUT2D eigenvalue weighted by atomic mass is 35.5. The molecule has 0 radical (unpaired) electrons. The molecule has 0 unspecified atom stereocenters. The van der Waals surface area contributed by atoms with E-state index in [1.54, 1.807) is 12.3 Å². The molecule has 1 aliphatic carbocycles. The summed E-state index contributed by atoms with van der Waals surface area (Å²) < 4.78 is 0. The van der Waals surface area contributed by atoms with E-state index in [9.17, 15) is 5.11 Å². The summed E-state index contributed by atoms with van der Waals surface area (Å²) in [6, 6.07) is 3.58. The number of aromatic hydroxyl groups is 1. The van der Waals surface area contributed by atoms with Crippen molar-refractivity contribution >= 4 is 29.4 Å². The summed E-state index contributed by atoms with van der Waals surface area (Å²) in [7, 11) is 0. The summed E-state index contributed by atoms with van der Waals surface area (Å²) in [6.07, 6.45) is 3.89. The zero-order valence-corrected chi connectivity index (χ0v) is 8.89. The zero-order valence-electron chi connectivity index (χ0n) is 7.37. The molecule has 1 aromatic carbocycles. The van der Waals surface area contributed by atoms with Gasteiger partial charge in [-0.1, -0.05) is 23.2 Å². The van der Waals surface area contributed by atoms with Crippen LogP contribution in [0.4, 0.5) is 0 Å². The third-order valence-corrected chi connectivity index (χ3v) is 2.54. The molecule has 0 spiro atoms. The highest BCUT2D eigenvalue weighted by molar-refractivity contribution is 6.36. The largest absolute Gasteiger partial charge is 0.506 e. The van der Waals surface area contributed by atoms with Crippen LogP contribution in [0.15, 0.2) is 17.1 Å². The molecule has 0 amide bonds. The monoisotopic (exact) mass is 229 g/mol. The van der Waals surface area contributed by atoms with Crippen LogP contribution >= 0.6 is 23.2 Å². The third-order valence-electron chi connectivity index (χ3n) is 2.03. The quantitative estimate of drug-likeness (QED) is 0.777. The molecule has 0 heterocycles. The van der Waals surface area contributed by atoms with Crippen molar-refractivity contribution < 1.29 is 5.11 Å². The molecule has 1 saturated carbocycles. The first-order chi connectivity index (χ1) is 6.66. The van der Waals surface area contributed by atoms with Crippen molar-refractivity contribution in [3.8, 4) is 5.75 Å². The number of nitrogens with zero attached hydrogens (tertiary/aromatic N) is 1. The van der Waals surface area contributed by atoms with Crippen molar-refractivity contribution in [2.45, 2.75) is 18.9 Å². The maximum Gasteiger partial charge on any atom is 0.143 e. The predicted molar refractivity (Wildman–Crippen MR) is 58.7 cm³/mol. The highest BCUT2D eigenvalue weighted by Crippen LogP contribution is 2.31. The van der Waals surface area contributed by atoms with Crippen LogP contribution in [0.3, 0.4) is 0 Å². The van der Waals surface area contributed by atoms with Crippen LogP contribution in [-0.4, -0.2) is 17.4 Å². The van der Waals surface area contributed by atoms with Crippen LogP contribution in [0.5, 0.6) is 5.75 Å². The molecule has 14 heavy (non-hydrogen) atoms. The maximum atomic E-state index is 9.57. The van der Waals surface area contributed by atoms with Crippen LogP contribution in [0.25, 0.3) is 0 Å². The first kappa shape index (κ1) is 9.81. The number of benzene rings is 1. The van der Waals surface area contributed by atoms with Gasteiger partial charge in [0.25, 0.3) is 0 Å². The van der Waals surface area contributed by atoms with Gasteiger partial charge in [-0.2, -0.15) is 0 Å². The second-order valence-corrected chi connectivity index (χ2v) is 4.18. The lowest BCUT2D eigenvalue weighted by atomic mass is 10.2. The fraction of sp³-hybridized carbons (Fsp3) is 0.300. The summed E-state index contributed by atoms with van der Waals surface area (Å²) >= 11 is 11.5. The van der Waals surface area contributed by atoms with E-state index in [-0.39, 0.29) is 10.8 Å². The normalized spacial score (nSPS) is 16.4. The minimum Gasteiger partial charge on any atom is -0.506 e. The lowest BCUT2D eigenvalue weighted by molar-refractivity contribution is 0.474. The Morgan fingerprint density at radius 3 is 2.71 bits per heavy atom. The van der Waals surface area contributed by atoms with Crippen LogP contribution in [0.2, 0.25) is 10.0 Å². The molecular weight excluding hydrogens is 221 g/mol. The first-order valence-electron chi connectivity index (χ1n) is 4.38. The van der Waals surface area contributed by atoms with Crippen LogP contribution in [0, 0.1) is 0 Å². The summed E-state index contributed by atoms with van der Waals surface area (Å²) in [5.74, 6) is 0.0421. The van der Waals surface area contributed by atoms with Gasteiger partial charge in [0.15, 0.2) is 0 Å². The Morgan fingerprint density at radius 2 is 2.07 bits per heavy atom. The van der Waals surface area contributed by atoms with Crippen molar-refractivity contribution in [2.75, 3.05) is 0 Å². The second kappa shape index (κ2) is 3.79. The highest BCUT2D eigenvalue weighted by Gasteiger charge is 2.19. The maximum absolute atomic E-state index is 9.57. The molecule has 2 nitrogen and oxygen atoms in total. The van der Waals surface area contributed by atoms with Crippen molar-refractivity contribution in [1.29, 1.82) is 0 Å². The number of hydrogen-bond donors (Lipinski definition) is 1. The Balaban J connectivity index is 2.30. The summed E-state index contributed by atoms with van der Waals surface area (Å²) in [5.41, 5.74) is 0.578. The fourth-order valence-corrected chi connectivity index (χ4v) is 1.60. The predicted octanol–water partition coefficient (Wildman–Crippen LogP) is 3.28. The Labute approximate surface area is 92.2 Å². The van der Waals surface area contributed by atoms with E-state index < -0.39 is 0 Å². The van der Waals surface area contributed by atoms with Crippen molar-refractivity contribution in [2.24, 2.45) is 4.99 Å². The number of phenols is 1. The van der Waals surface area contributed by atoms with E-state index in [4.69, 9.17) is 23.2 Å². The number of halogens is 2. The van der Waals surface area contributed by atoms with E-state index in [2.05, 4.69) is 4.99 Å². The SMILES string of the molecule is Oc1c(Cl)cc(Cl)cc1C=NC1CC1. The molecule has 1 aliphatic rings. The smallest absolute Gasteiger partial charge is 0.143 e. The lowest BCUT2D eigenvalue weighted by Crippen LogP contribution is -1.86. The average Bonchev–Trinajstić information content (AvgIpc) is 2.92. The Bertz CT molecular complexity index is 386. The molecule has 2 rings (SSSR count). The minimum absolute atomic E-state index is 0.0421. The van der Waals surface area contributed by atoms with Crippen LogP contribution in [0.1, 0.15) is 18.4 Å². The fourth-order valence-electron chi connectivity index (χ4n) is 1.09. The van der Waals surface area contributed by atoms with E-state index in [1.807, 2.05) is 0 Å². The number of rotatable bonds is 2. The standard InChI is InChI=1S/C10H9Cl2NO/c11-7-3-6(5-13-8-1-2-8)10(14)9(12)4-7/h3-5,8,14H,1-2H2. The van der Waals surface area contributed by atoms with Gasteiger partial charge in [0.1, 0.15) is 5.75 Å². The topological polar surface area (TPSA) is 32.6 Å². The molecule has 0 atom stereocenters.